The van der Waals surface area contributed by atoms with Gasteiger partial charge in [-0.1, -0.05) is 6.92 Å². The minimum atomic E-state index is -0.151. The second-order valence-electron chi connectivity index (χ2n) is 2.14. The molecule has 0 bridgehead atoms. The average molecular weight is 122 g/mol. The van der Waals surface area contributed by atoms with Crippen molar-refractivity contribution in [1.29, 1.82) is 0 Å². The molecule has 0 saturated carbocycles. The van der Waals surface area contributed by atoms with Crippen molar-refractivity contribution in [2.75, 3.05) is 5.88 Å². The Labute approximate surface area is 49.8 Å². The SMILES string of the molecule is CCC(C)(N)CCl. The molecule has 0 aliphatic heterocycles. The van der Waals surface area contributed by atoms with Crippen molar-refractivity contribution >= 4 is 11.6 Å². The second-order valence-corrected chi connectivity index (χ2v) is 2.41. The van der Waals surface area contributed by atoms with Gasteiger partial charge in [-0.25, -0.2) is 0 Å². The molecular weight excluding hydrogens is 110 g/mol. The minimum Gasteiger partial charge on any atom is -0.324 e. The van der Waals surface area contributed by atoms with Crippen LogP contribution in [0, 0.1) is 0 Å². The molecule has 1 nitrogen and oxygen atoms in total. The van der Waals surface area contributed by atoms with E-state index < -0.39 is 0 Å². The van der Waals surface area contributed by atoms with Crippen molar-refractivity contribution in [3.05, 3.63) is 0 Å². The Bertz CT molecular complexity index is 46.0. The van der Waals surface area contributed by atoms with Gasteiger partial charge in [0, 0.05) is 11.4 Å². The highest BCUT2D eigenvalue weighted by atomic mass is 35.5. The van der Waals surface area contributed by atoms with Crippen LogP contribution in [0.2, 0.25) is 0 Å². The summed E-state index contributed by atoms with van der Waals surface area (Å²) < 4.78 is 0. The van der Waals surface area contributed by atoms with Gasteiger partial charge in [-0.2, -0.15) is 0 Å². The summed E-state index contributed by atoms with van der Waals surface area (Å²) in [5.41, 5.74) is 5.43. The van der Waals surface area contributed by atoms with Crippen LogP contribution in [0.25, 0.3) is 0 Å². The quantitative estimate of drug-likeness (QED) is 0.549. The number of hydrogen-bond donors (Lipinski definition) is 1. The van der Waals surface area contributed by atoms with Crippen molar-refractivity contribution in [3.63, 3.8) is 0 Å². The zero-order chi connectivity index (χ0) is 5.91. The Balaban J connectivity index is 3.36. The molecule has 0 aromatic carbocycles. The summed E-state index contributed by atoms with van der Waals surface area (Å²) in [5.74, 6) is 0.545. The van der Waals surface area contributed by atoms with E-state index in [1.54, 1.807) is 0 Å². The lowest BCUT2D eigenvalue weighted by atomic mass is 10.0. The maximum absolute atomic E-state index is 5.58. The summed E-state index contributed by atoms with van der Waals surface area (Å²) in [5, 5.41) is 0. The van der Waals surface area contributed by atoms with E-state index in [0.717, 1.165) is 6.42 Å². The lowest BCUT2D eigenvalue weighted by Gasteiger charge is -2.17. The first kappa shape index (κ1) is 7.25. The van der Waals surface area contributed by atoms with Gasteiger partial charge in [0.05, 0.1) is 0 Å². The summed E-state index contributed by atoms with van der Waals surface area (Å²) in [6.07, 6.45) is 0.941. The first-order valence-corrected chi connectivity index (χ1v) is 3.00. The van der Waals surface area contributed by atoms with Crippen molar-refractivity contribution in [2.45, 2.75) is 25.8 Å². The van der Waals surface area contributed by atoms with E-state index in [9.17, 15) is 0 Å². The Hall–Kier alpha value is 0.250. The van der Waals surface area contributed by atoms with Crippen LogP contribution in [0.4, 0.5) is 0 Å². The molecule has 2 heteroatoms. The number of nitrogens with two attached hydrogens (primary N) is 1. The van der Waals surface area contributed by atoms with Gasteiger partial charge in [0.25, 0.3) is 0 Å². The Kier molecular flexibility index (Phi) is 2.62. The van der Waals surface area contributed by atoms with Crippen LogP contribution < -0.4 is 5.73 Å². The largest absolute Gasteiger partial charge is 0.324 e. The highest BCUT2D eigenvalue weighted by Gasteiger charge is 2.11. The monoisotopic (exact) mass is 121 g/mol. The zero-order valence-corrected chi connectivity index (χ0v) is 5.63. The highest BCUT2D eigenvalue weighted by Crippen LogP contribution is 2.05. The predicted octanol–water partition coefficient (Wildman–Crippen LogP) is 1.35. The first-order valence-electron chi connectivity index (χ1n) is 2.47. The zero-order valence-electron chi connectivity index (χ0n) is 4.87. The predicted molar refractivity (Wildman–Crippen MR) is 33.6 cm³/mol. The Morgan fingerprint density at radius 1 is 1.71 bits per heavy atom. The highest BCUT2D eigenvalue weighted by molar-refractivity contribution is 6.18. The molecule has 1 atom stereocenters. The third kappa shape index (κ3) is 2.89. The second kappa shape index (κ2) is 2.53. The number of hydrogen-bond acceptors (Lipinski definition) is 1. The van der Waals surface area contributed by atoms with E-state index in [4.69, 9.17) is 17.3 Å². The van der Waals surface area contributed by atoms with E-state index in [1.807, 2.05) is 13.8 Å². The van der Waals surface area contributed by atoms with Gasteiger partial charge in [-0.15, -0.1) is 11.6 Å². The van der Waals surface area contributed by atoms with Gasteiger partial charge < -0.3 is 5.73 Å². The van der Waals surface area contributed by atoms with Crippen LogP contribution in [-0.2, 0) is 0 Å². The van der Waals surface area contributed by atoms with Gasteiger partial charge in [-0.3, -0.25) is 0 Å². The van der Waals surface area contributed by atoms with E-state index in [-0.39, 0.29) is 5.54 Å². The summed E-state index contributed by atoms with van der Waals surface area (Å²) in [7, 11) is 0. The summed E-state index contributed by atoms with van der Waals surface area (Å²) in [4.78, 5) is 0. The van der Waals surface area contributed by atoms with E-state index in [0.29, 0.717) is 5.88 Å². The molecule has 0 heterocycles. The van der Waals surface area contributed by atoms with Crippen molar-refractivity contribution < 1.29 is 0 Å². The molecule has 0 saturated heterocycles. The smallest absolute Gasteiger partial charge is 0.0401 e. The fourth-order valence-corrected chi connectivity index (χ4v) is 0.283. The third-order valence-corrected chi connectivity index (χ3v) is 1.72. The van der Waals surface area contributed by atoms with Crippen LogP contribution in [0.3, 0.4) is 0 Å². The Morgan fingerprint density at radius 3 is 2.14 bits per heavy atom. The normalized spacial score (nSPS) is 18.9. The van der Waals surface area contributed by atoms with Crippen LogP contribution in [-0.4, -0.2) is 11.4 Å². The van der Waals surface area contributed by atoms with Crippen LogP contribution >= 0.6 is 11.6 Å². The molecule has 0 aromatic rings. The summed E-state index contributed by atoms with van der Waals surface area (Å²) in [6.45, 7) is 3.97. The van der Waals surface area contributed by atoms with Crippen LogP contribution in [0.1, 0.15) is 20.3 Å². The van der Waals surface area contributed by atoms with E-state index in [1.165, 1.54) is 0 Å². The third-order valence-electron chi connectivity index (χ3n) is 1.11. The van der Waals surface area contributed by atoms with Crippen LogP contribution in [0.15, 0.2) is 0 Å². The molecule has 0 radical (unpaired) electrons. The summed E-state index contributed by atoms with van der Waals surface area (Å²) >= 11 is 5.47. The number of alkyl halides is 1. The number of halogens is 1. The van der Waals surface area contributed by atoms with Crippen molar-refractivity contribution in [1.82, 2.24) is 0 Å². The van der Waals surface area contributed by atoms with E-state index in [2.05, 4.69) is 0 Å². The fraction of sp³-hybridized carbons (Fsp3) is 1.00. The Morgan fingerprint density at radius 2 is 2.14 bits per heavy atom. The van der Waals surface area contributed by atoms with Crippen molar-refractivity contribution in [2.24, 2.45) is 5.73 Å². The van der Waals surface area contributed by atoms with Gasteiger partial charge in [-0.05, 0) is 13.3 Å². The van der Waals surface area contributed by atoms with Gasteiger partial charge in [0.1, 0.15) is 0 Å². The maximum Gasteiger partial charge on any atom is 0.0401 e. The molecule has 0 spiro atoms. The molecule has 2 N–H and O–H groups in total. The molecule has 7 heavy (non-hydrogen) atoms. The first-order chi connectivity index (χ1) is 3.12. The molecule has 0 rings (SSSR count). The standard InChI is InChI=1S/C5H12ClN/c1-3-5(2,7)4-6/h3-4,7H2,1-2H3. The lowest BCUT2D eigenvalue weighted by Crippen LogP contribution is -2.36. The molecule has 1 unspecified atom stereocenters. The topological polar surface area (TPSA) is 26.0 Å². The van der Waals surface area contributed by atoms with Crippen molar-refractivity contribution in [3.8, 4) is 0 Å². The van der Waals surface area contributed by atoms with Gasteiger partial charge in [0.15, 0.2) is 0 Å². The van der Waals surface area contributed by atoms with E-state index >= 15 is 0 Å². The molecule has 44 valence electrons. The fourth-order valence-electron chi connectivity index (χ4n) is 0.0945. The summed E-state index contributed by atoms with van der Waals surface area (Å²) in [6, 6.07) is 0. The molecule has 0 aliphatic carbocycles. The maximum atomic E-state index is 5.58. The molecular formula is C5H12ClN. The molecule has 0 amide bonds. The lowest BCUT2D eigenvalue weighted by molar-refractivity contribution is 0.508. The average Bonchev–Trinajstić information content (AvgIpc) is 1.68. The van der Waals surface area contributed by atoms with Gasteiger partial charge in [0.2, 0.25) is 0 Å². The van der Waals surface area contributed by atoms with Crippen LogP contribution in [0.5, 0.6) is 0 Å². The molecule has 0 aliphatic rings. The van der Waals surface area contributed by atoms with Gasteiger partial charge >= 0.3 is 0 Å². The minimum absolute atomic E-state index is 0.151. The molecule has 0 fully saturated rings. The number of rotatable bonds is 2. The molecule has 0 aromatic heterocycles.